The number of carbonyl (C=O) groups excluding carboxylic acids is 3. The van der Waals surface area contributed by atoms with Crippen LogP contribution in [0.4, 0.5) is 15.3 Å². The van der Waals surface area contributed by atoms with Gasteiger partial charge in [-0.1, -0.05) is 5.57 Å². The Labute approximate surface area is 235 Å². The maximum Gasteiger partial charge on any atom is 0.435 e. The molecular weight excluding hydrogens is 601 g/mol. The van der Waals surface area contributed by atoms with Gasteiger partial charge in [-0.3, -0.25) is 4.79 Å². The molecule has 1 aromatic heterocycles. The molecule has 1 spiro atoms. The Kier molecular flexibility index (Phi) is 6.20. The van der Waals surface area contributed by atoms with E-state index in [4.69, 9.17) is 14.2 Å². The van der Waals surface area contributed by atoms with Crippen molar-refractivity contribution >= 4 is 52.4 Å². The third-order valence-electron chi connectivity index (χ3n) is 7.02. The maximum atomic E-state index is 14.0. The van der Waals surface area contributed by atoms with Crippen molar-refractivity contribution in [1.29, 1.82) is 0 Å². The van der Waals surface area contributed by atoms with E-state index in [0.29, 0.717) is 30.0 Å². The summed E-state index contributed by atoms with van der Waals surface area (Å²) < 4.78 is 18.7. The van der Waals surface area contributed by atoms with Crippen LogP contribution in [0.5, 0.6) is 5.75 Å². The first-order valence-electron chi connectivity index (χ1n) is 12.6. The highest BCUT2D eigenvalue weighted by Gasteiger charge is 2.69. The number of allylic oxidation sites excluding steroid dienone is 1. The molecule has 2 aliphatic carbocycles. The molecule has 3 aliphatic rings. The fraction of sp³-hybridized carbons (Fsp3) is 0.500. The van der Waals surface area contributed by atoms with Gasteiger partial charge in [0, 0.05) is 11.5 Å². The molecule has 2 amide bonds. The fourth-order valence-electron chi connectivity index (χ4n) is 5.40. The third kappa shape index (κ3) is 4.40. The number of ether oxygens (including phenoxy) is 3. The predicted octanol–water partition coefficient (Wildman–Crippen LogP) is 5.85. The van der Waals surface area contributed by atoms with Crippen LogP contribution in [0.1, 0.15) is 71.2 Å². The highest BCUT2D eigenvalue weighted by molar-refractivity contribution is 14.1. The number of hydrogen-bond acceptors (Lipinski definition) is 7. The lowest BCUT2D eigenvalue weighted by Gasteiger charge is -2.24. The van der Waals surface area contributed by atoms with Gasteiger partial charge in [0.1, 0.15) is 20.7 Å². The van der Waals surface area contributed by atoms with E-state index in [1.807, 2.05) is 32.9 Å². The summed E-state index contributed by atoms with van der Waals surface area (Å²) in [6.45, 7) is 10.8. The Morgan fingerprint density at radius 2 is 1.71 bits per heavy atom. The van der Waals surface area contributed by atoms with Gasteiger partial charge in [-0.25, -0.2) is 14.5 Å². The summed E-state index contributed by atoms with van der Waals surface area (Å²) in [5, 5.41) is 4.45. The van der Waals surface area contributed by atoms with Crippen molar-refractivity contribution in [1.82, 2.24) is 9.78 Å². The van der Waals surface area contributed by atoms with Gasteiger partial charge in [0.15, 0.2) is 0 Å². The Morgan fingerprint density at radius 3 is 2.34 bits per heavy atom. The highest BCUT2D eigenvalue weighted by atomic mass is 127. The maximum absolute atomic E-state index is 14.0. The molecule has 0 bridgehead atoms. The molecule has 2 atom stereocenters. The number of anilines is 1. The molecule has 1 aliphatic heterocycles. The fourth-order valence-corrected chi connectivity index (χ4v) is 6.17. The molecule has 1 fully saturated rings. The number of fused-ring (bicyclic) bond motifs is 3. The quantitative estimate of drug-likeness (QED) is 0.383. The van der Waals surface area contributed by atoms with Crippen LogP contribution in [0.2, 0.25) is 0 Å². The number of carbonyl (C=O) groups is 3. The molecule has 38 heavy (non-hydrogen) atoms. The lowest BCUT2D eigenvalue weighted by molar-refractivity contribution is -0.120. The van der Waals surface area contributed by atoms with Crippen LogP contribution >= 0.6 is 22.6 Å². The predicted molar refractivity (Wildman–Crippen MR) is 149 cm³/mol. The topological polar surface area (TPSA) is 100.0 Å². The van der Waals surface area contributed by atoms with E-state index in [2.05, 4.69) is 27.7 Å². The van der Waals surface area contributed by atoms with Crippen LogP contribution in [0.15, 0.2) is 23.8 Å². The Balaban J connectivity index is 1.53. The molecule has 10 heteroatoms. The zero-order chi connectivity index (χ0) is 27.8. The number of rotatable bonds is 2. The average Bonchev–Trinajstić information content (AvgIpc) is 3.41. The zero-order valence-electron chi connectivity index (χ0n) is 22.7. The minimum atomic E-state index is -0.881. The second kappa shape index (κ2) is 8.82. The van der Waals surface area contributed by atoms with Gasteiger partial charge in [0.2, 0.25) is 5.91 Å². The van der Waals surface area contributed by atoms with Gasteiger partial charge in [-0.2, -0.15) is 9.78 Å². The van der Waals surface area contributed by atoms with Crippen molar-refractivity contribution in [2.75, 3.05) is 12.0 Å². The minimum absolute atomic E-state index is 0.124. The van der Waals surface area contributed by atoms with Crippen LogP contribution in [-0.4, -0.2) is 46.2 Å². The lowest BCUT2D eigenvalue weighted by Crippen LogP contribution is -2.41. The molecule has 0 unspecified atom stereocenters. The number of amides is 2. The van der Waals surface area contributed by atoms with Crippen molar-refractivity contribution in [3.63, 3.8) is 0 Å². The van der Waals surface area contributed by atoms with Gasteiger partial charge in [0.05, 0.1) is 23.9 Å². The van der Waals surface area contributed by atoms with Gasteiger partial charge < -0.3 is 14.2 Å². The van der Waals surface area contributed by atoms with E-state index in [9.17, 15) is 14.4 Å². The van der Waals surface area contributed by atoms with E-state index < -0.39 is 28.8 Å². The number of hydrogen-bond donors (Lipinski definition) is 0. The van der Waals surface area contributed by atoms with Crippen molar-refractivity contribution < 1.29 is 28.6 Å². The van der Waals surface area contributed by atoms with E-state index in [1.165, 1.54) is 9.58 Å². The van der Waals surface area contributed by atoms with Crippen LogP contribution < -0.4 is 9.64 Å². The summed E-state index contributed by atoms with van der Waals surface area (Å²) in [7, 11) is 1.58. The van der Waals surface area contributed by atoms with E-state index in [1.54, 1.807) is 40.0 Å². The standard InChI is InChI=1S/C28H32IN3O6/c1-26(2,3)37-24(34)31-20-11-9-16(36-7)13-18(20)28(23(31)33)14-19(28)15-8-10-17-21(12-15)32(30-22(17)29)25(35)38-27(4,5)6/h9,11-13,19H,8,10,14H2,1-7H3/t19-,28-/m0/s1. The van der Waals surface area contributed by atoms with Crippen LogP contribution in [0, 0.1) is 9.62 Å². The smallest absolute Gasteiger partial charge is 0.435 e. The first kappa shape index (κ1) is 26.7. The number of halogens is 1. The molecule has 0 saturated heterocycles. The second-order valence-electron chi connectivity index (χ2n) is 12.0. The van der Waals surface area contributed by atoms with Crippen molar-refractivity contribution in [3.05, 3.63) is 44.3 Å². The Bertz CT molecular complexity index is 1400. The molecule has 0 radical (unpaired) electrons. The number of imide groups is 1. The van der Waals surface area contributed by atoms with Crippen molar-refractivity contribution in [2.45, 2.75) is 77.4 Å². The van der Waals surface area contributed by atoms with Crippen LogP contribution in [0.3, 0.4) is 0 Å². The Hall–Kier alpha value is -2.89. The third-order valence-corrected chi connectivity index (χ3v) is 7.89. The van der Waals surface area contributed by atoms with Gasteiger partial charge >= 0.3 is 12.2 Å². The monoisotopic (exact) mass is 633 g/mol. The largest absolute Gasteiger partial charge is 0.497 e. The van der Waals surface area contributed by atoms with Crippen LogP contribution in [-0.2, 0) is 26.1 Å². The molecule has 1 aromatic carbocycles. The molecule has 5 rings (SSSR count). The van der Waals surface area contributed by atoms with Gasteiger partial charge in [-0.15, -0.1) is 0 Å². The molecule has 0 N–H and O–H groups in total. The summed E-state index contributed by atoms with van der Waals surface area (Å²) >= 11 is 2.14. The molecular formula is C28H32IN3O6. The Morgan fingerprint density at radius 1 is 1.05 bits per heavy atom. The van der Waals surface area contributed by atoms with Crippen LogP contribution in [0.25, 0.3) is 6.08 Å². The molecule has 202 valence electrons. The SMILES string of the molecule is COc1ccc2c(c1)[C@]1(C[C@H]1C1=Cc3c(c(I)nn3C(=O)OC(C)(C)C)CC1)C(=O)N2C(=O)OC(C)(C)C. The van der Waals surface area contributed by atoms with E-state index in [-0.39, 0.29) is 11.8 Å². The minimum Gasteiger partial charge on any atom is -0.497 e. The summed E-state index contributed by atoms with van der Waals surface area (Å²) in [4.78, 5) is 41.2. The number of aromatic nitrogens is 2. The zero-order valence-corrected chi connectivity index (χ0v) is 24.8. The van der Waals surface area contributed by atoms with Gasteiger partial charge in [-0.05, 0) is 113 Å². The van der Waals surface area contributed by atoms with Crippen molar-refractivity contribution in [3.8, 4) is 5.75 Å². The summed E-state index contributed by atoms with van der Waals surface area (Å²) in [6, 6.07) is 5.33. The molecule has 2 aromatic rings. The first-order chi connectivity index (χ1) is 17.7. The molecule has 2 heterocycles. The first-order valence-corrected chi connectivity index (χ1v) is 13.7. The number of benzene rings is 1. The average molecular weight is 633 g/mol. The summed E-state index contributed by atoms with van der Waals surface area (Å²) in [5.74, 6) is 0.202. The lowest BCUT2D eigenvalue weighted by atomic mass is 9.87. The molecule has 1 saturated carbocycles. The van der Waals surface area contributed by atoms with Gasteiger partial charge in [0.25, 0.3) is 0 Å². The number of methoxy groups -OCH3 is 1. The van der Waals surface area contributed by atoms with E-state index in [0.717, 1.165) is 26.8 Å². The number of nitrogens with zero attached hydrogens (tertiary/aromatic N) is 3. The second-order valence-corrected chi connectivity index (χ2v) is 13.0. The summed E-state index contributed by atoms with van der Waals surface area (Å²) in [6.07, 6.45) is 2.74. The molecule has 9 nitrogen and oxygen atoms in total. The van der Waals surface area contributed by atoms with Crippen molar-refractivity contribution in [2.24, 2.45) is 5.92 Å². The normalized spacial score (nSPS) is 22.1. The summed E-state index contributed by atoms with van der Waals surface area (Å²) in [5.41, 5.74) is 1.73. The van der Waals surface area contributed by atoms with E-state index >= 15 is 0 Å². The highest BCUT2D eigenvalue weighted by Crippen LogP contribution is 2.65.